The van der Waals surface area contributed by atoms with Crippen molar-refractivity contribution >= 4 is 27.6 Å². The summed E-state index contributed by atoms with van der Waals surface area (Å²) in [5, 5.41) is 9.48. The first-order valence-corrected chi connectivity index (χ1v) is 8.62. The Hall–Kier alpha value is -2.64. The third kappa shape index (κ3) is 3.42. The molecule has 25 heavy (non-hydrogen) atoms. The van der Waals surface area contributed by atoms with Crippen molar-refractivity contribution in [2.45, 2.75) is 13.8 Å². The fourth-order valence-corrected chi connectivity index (χ4v) is 3.19. The summed E-state index contributed by atoms with van der Waals surface area (Å²) < 4.78 is 17.2. The van der Waals surface area contributed by atoms with Gasteiger partial charge in [0.1, 0.15) is 5.82 Å². The van der Waals surface area contributed by atoms with Gasteiger partial charge in [-0.1, -0.05) is 34.1 Å². The standard InChI is InChI=1S/C21H16BrFN2/c1-14-11-16(12-17(13-24)20-5-3-4-6-21(20)23)15(2)25(14)19-9-7-18(22)8-10-19/h3-12H,1-2H3/b17-12+. The average molecular weight is 395 g/mol. The van der Waals surface area contributed by atoms with E-state index in [1.807, 2.05) is 44.2 Å². The van der Waals surface area contributed by atoms with Gasteiger partial charge in [0.25, 0.3) is 0 Å². The predicted octanol–water partition coefficient (Wildman–Crippen LogP) is 6.06. The lowest BCUT2D eigenvalue weighted by molar-refractivity contribution is 0.624. The second-order valence-corrected chi connectivity index (χ2v) is 6.70. The lowest BCUT2D eigenvalue weighted by atomic mass is 10.0. The second-order valence-electron chi connectivity index (χ2n) is 5.79. The molecule has 0 saturated carbocycles. The first-order chi connectivity index (χ1) is 12.0. The van der Waals surface area contributed by atoms with Gasteiger partial charge in [0.05, 0.1) is 11.6 Å². The Bertz CT molecular complexity index is 992. The molecule has 0 amide bonds. The summed E-state index contributed by atoms with van der Waals surface area (Å²) in [6.45, 7) is 4.01. The van der Waals surface area contributed by atoms with Gasteiger partial charge < -0.3 is 4.57 Å². The zero-order valence-electron chi connectivity index (χ0n) is 13.9. The Balaban J connectivity index is 2.10. The number of allylic oxidation sites excluding steroid dienone is 1. The number of rotatable bonds is 3. The first kappa shape index (κ1) is 17.2. The maximum atomic E-state index is 14.0. The molecule has 3 rings (SSSR count). The van der Waals surface area contributed by atoms with Crippen molar-refractivity contribution in [2.24, 2.45) is 0 Å². The zero-order chi connectivity index (χ0) is 18.0. The number of nitriles is 1. The van der Waals surface area contributed by atoms with Gasteiger partial charge in [0.2, 0.25) is 0 Å². The molecule has 0 N–H and O–H groups in total. The first-order valence-electron chi connectivity index (χ1n) is 7.83. The highest BCUT2D eigenvalue weighted by Crippen LogP contribution is 2.26. The molecule has 0 atom stereocenters. The highest BCUT2D eigenvalue weighted by molar-refractivity contribution is 9.10. The fourth-order valence-electron chi connectivity index (χ4n) is 2.93. The quantitative estimate of drug-likeness (QED) is 0.496. The number of halogens is 2. The van der Waals surface area contributed by atoms with Crippen molar-refractivity contribution in [1.29, 1.82) is 5.26 Å². The van der Waals surface area contributed by atoms with Crippen LogP contribution in [0.5, 0.6) is 0 Å². The van der Waals surface area contributed by atoms with E-state index in [2.05, 4.69) is 26.6 Å². The van der Waals surface area contributed by atoms with Crippen molar-refractivity contribution in [3.8, 4) is 11.8 Å². The van der Waals surface area contributed by atoms with E-state index in [1.54, 1.807) is 24.3 Å². The van der Waals surface area contributed by atoms with Gasteiger partial charge in [-0.05, 0) is 61.9 Å². The van der Waals surface area contributed by atoms with Crippen molar-refractivity contribution < 1.29 is 4.39 Å². The van der Waals surface area contributed by atoms with Crippen LogP contribution in [-0.4, -0.2) is 4.57 Å². The van der Waals surface area contributed by atoms with Crippen LogP contribution in [-0.2, 0) is 0 Å². The van der Waals surface area contributed by atoms with Crippen LogP contribution < -0.4 is 0 Å². The zero-order valence-corrected chi connectivity index (χ0v) is 15.5. The van der Waals surface area contributed by atoms with E-state index in [9.17, 15) is 9.65 Å². The molecule has 0 spiro atoms. The number of hydrogen-bond donors (Lipinski definition) is 0. The van der Waals surface area contributed by atoms with Crippen LogP contribution >= 0.6 is 15.9 Å². The maximum Gasteiger partial charge on any atom is 0.131 e. The van der Waals surface area contributed by atoms with E-state index < -0.39 is 5.82 Å². The fraction of sp³-hybridized carbons (Fsp3) is 0.0952. The molecule has 1 aromatic heterocycles. The molecule has 1 heterocycles. The van der Waals surface area contributed by atoms with Crippen LogP contribution in [0.4, 0.5) is 4.39 Å². The Kier molecular flexibility index (Phi) is 4.87. The van der Waals surface area contributed by atoms with E-state index in [1.165, 1.54) is 6.07 Å². The van der Waals surface area contributed by atoms with Crippen LogP contribution in [0, 0.1) is 31.0 Å². The van der Waals surface area contributed by atoms with Crippen molar-refractivity contribution in [2.75, 3.05) is 0 Å². The van der Waals surface area contributed by atoms with Gasteiger partial charge >= 0.3 is 0 Å². The van der Waals surface area contributed by atoms with Gasteiger partial charge in [-0.2, -0.15) is 5.26 Å². The van der Waals surface area contributed by atoms with Gasteiger partial charge in [0, 0.05) is 27.1 Å². The Morgan fingerprint density at radius 3 is 2.44 bits per heavy atom. The summed E-state index contributed by atoms with van der Waals surface area (Å²) in [5.74, 6) is -0.392. The summed E-state index contributed by atoms with van der Waals surface area (Å²) in [7, 11) is 0. The van der Waals surface area contributed by atoms with Crippen LogP contribution in [0.2, 0.25) is 0 Å². The van der Waals surface area contributed by atoms with Crippen LogP contribution in [0.25, 0.3) is 17.3 Å². The topological polar surface area (TPSA) is 28.7 Å². The SMILES string of the molecule is Cc1cc(/C=C(\C#N)c2ccccc2F)c(C)n1-c1ccc(Br)cc1. The van der Waals surface area contributed by atoms with Crippen LogP contribution in [0.15, 0.2) is 59.1 Å². The largest absolute Gasteiger partial charge is 0.318 e. The highest BCUT2D eigenvalue weighted by Gasteiger charge is 2.12. The van der Waals surface area contributed by atoms with Crippen LogP contribution in [0.1, 0.15) is 22.5 Å². The second kappa shape index (κ2) is 7.08. The van der Waals surface area contributed by atoms with Crippen molar-refractivity contribution in [1.82, 2.24) is 4.57 Å². The molecule has 0 bridgehead atoms. The van der Waals surface area contributed by atoms with Gasteiger partial charge in [-0.15, -0.1) is 0 Å². The van der Waals surface area contributed by atoms with Crippen molar-refractivity contribution in [3.05, 3.63) is 87.4 Å². The van der Waals surface area contributed by atoms with Gasteiger partial charge in [-0.3, -0.25) is 0 Å². The smallest absolute Gasteiger partial charge is 0.131 e. The summed E-state index contributed by atoms with van der Waals surface area (Å²) in [5.41, 5.74) is 4.64. The molecule has 2 aromatic carbocycles. The highest BCUT2D eigenvalue weighted by atomic mass is 79.9. The number of hydrogen-bond acceptors (Lipinski definition) is 1. The van der Waals surface area contributed by atoms with E-state index in [-0.39, 0.29) is 0 Å². The van der Waals surface area contributed by atoms with Crippen molar-refractivity contribution in [3.63, 3.8) is 0 Å². The lowest BCUT2D eigenvalue weighted by Gasteiger charge is -2.09. The number of nitrogens with zero attached hydrogens (tertiary/aromatic N) is 2. The molecule has 0 aliphatic rings. The monoisotopic (exact) mass is 394 g/mol. The minimum atomic E-state index is -0.392. The molecular formula is C21H16BrFN2. The van der Waals surface area contributed by atoms with E-state index >= 15 is 0 Å². The molecular weight excluding hydrogens is 379 g/mol. The third-order valence-electron chi connectivity index (χ3n) is 4.14. The number of aromatic nitrogens is 1. The molecule has 0 fully saturated rings. The van der Waals surface area contributed by atoms with Gasteiger partial charge in [-0.25, -0.2) is 4.39 Å². The summed E-state index contributed by atoms with van der Waals surface area (Å²) in [4.78, 5) is 0. The minimum absolute atomic E-state index is 0.314. The molecule has 124 valence electrons. The van der Waals surface area contributed by atoms with E-state index in [0.29, 0.717) is 11.1 Å². The predicted molar refractivity (Wildman–Crippen MR) is 103 cm³/mol. The summed E-state index contributed by atoms with van der Waals surface area (Å²) >= 11 is 3.44. The molecule has 0 aliphatic carbocycles. The molecule has 2 nitrogen and oxygen atoms in total. The Morgan fingerprint density at radius 1 is 1.12 bits per heavy atom. The van der Waals surface area contributed by atoms with Gasteiger partial charge in [0.15, 0.2) is 0 Å². The third-order valence-corrected chi connectivity index (χ3v) is 4.67. The lowest BCUT2D eigenvalue weighted by Crippen LogP contribution is -1.98. The Labute approximate surface area is 155 Å². The average Bonchev–Trinajstić information content (AvgIpc) is 2.88. The molecule has 0 saturated heterocycles. The normalized spacial score (nSPS) is 11.4. The maximum absolute atomic E-state index is 14.0. The molecule has 0 unspecified atom stereocenters. The molecule has 4 heteroatoms. The molecule has 0 aliphatic heterocycles. The van der Waals surface area contributed by atoms with Crippen LogP contribution in [0.3, 0.4) is 0 Å². The summed E-state index contributed by atoms with van der Waals surface area (Å²) in [6, 6.07) is 18.5. The minimum Gasteiger partial charge on any atom is -0.318 e. The number of benzene rings is 2. The molecule has 0 radical (unpaired) electrons. The Morgan fingerprint density at radius 2 is 1.80 bits per heavy atom. The molecule has 3 aromatic rings. The number of aryl methyl sites for hydroxylation is 1. The van der Waals surface area contributed by atoms with E-state index in [4.69, 9.17) is 0 Å². The summed E-state index contributed by atoms with van der Waals surface area (Å²) in [6.07, 6.45) is 1.75. The van der Waals surface area contributed by atoms with E-state index in [0.717, 1.165) is 27.1 Å².